The molecule has 3 heterocycles. The first kappa shape index (κ1) is 21.5. The number of hydrogen-bond donors (Lipinski definition) is 1. The Bertz CT molecular complexity index is 1080. The van der Waals surface area contributed by atoms with Gasteiger partial charge in [0.2, 0.25) is 0 Å². The summed E-state index contributed by atoms with van der Waals surface area (Å²) in [5.74, 6) is 0.224. The zero-order chi connectivity index (χ0) is 22.1. The van der Waals surface area contributed by atoms with Crippen LogP contribution in [0.1, 0.15) is 20.0 Å². The molecule has 1 aliphatic heterocycles. The Hall–Kier alpha value is -2.69. The molecule has 1 fully saturated rings. The van der Waals surface area contributed by atoms with E-state index in [4.69, 9.17) is 4.74 Å². The summed E-state index contributed by atoms with van der Waals surface area (Å²) in [5.41, 5.74) is 1.01. The molecule has 3 aromatic rings. The normalized spacial score (nSPS) is 14.6. The lowest BCUT2D eigenvalue weighted by atomic mass is 10.1. The number of thiazole rings is 1. The van der Waals surface area contributed by atoms with E-state index in [0.717, 1.165) is 27.8 Å². The van der Waals surface area contributed by atoms with Gasteiger partial charge in [-0.15, -0.1) is 11.3 Å². The molecule has 0 radical (unpaired) electrons. The van der Waals surface area contributed by atoms with E-state index in [1.165, 1.54) is 11.3 Å². The van der Waals surface area contributed by atoms with Gasteiger partial charge < -0.3 is 24.8 Å². The van der Waals surface area contributed by atoms with Gasteiger partial charge >= 0.3 is 0 Å². The predicted octanol–water partition coefficient (Wildman–Crippen LogP) is 3.07. The molecule has 1 aliphatic rings. The van der Waals surface area contributed by atoms with Gasteiger partial charge in [-0.05, 0) is 31.3 Å². The van der Waals surface area contributed by atoms with Crippen molar-refractivity contribution >= 4 is 54.8 Å². The third-order valence-electron chi connectivity index (χ3n) is 5.17. The third kappa shape index (κ3) is 4.51. The standard InChI is InChI=1S/C21H25N5O3S2/c1-24(2)21-23-19-17(31-21)12-16(30-19)18(27)22-14-11-13(5-6-15(14)29-4)20(28)26-9-7-25(3)8-10-26/h5-6,11-12H,7-10H2,1-4H3,(H,22,27). The Balaban J connectivity index is 1.54. The van der Waals surface area contributed by atoms with E-state index in [2.05, 4.69) is 22.2 Å². The Morgan fingerprint density at radius 1 is 1.13 bits per heavy atom. The van der Waals surface area contributed by atoms with Crippen molar-refractivity contribution in [2.75, 3.05) is 64.6 Å². The molecule has 10 heteroatoms. The van der Waals surface area contributed by atoms with Gasteiger partial charge in [-0.3, -0.25) is 9.59 Å². The lowest BCUT2D eigenvalue weighted by molar-refractivity contribution is 0.0664. The van der Waals surface area contributed by atoms with Gasteiger partial charge in [0.15, 0.2) is 5.13 Å². The molecule has 2 amide bonds. The molecule has 4 rings (SSSR count). The summed E-state index contributed by atoms with van der Waals surface area (Å²) >= 11 is 2.90. The maximum absolute atomic E-state index is 12.9. The molecule has 1 N–H and O–H groups in total. The second-order valence-corrected chi connectivity index (χ2v) is 9.68. The number of carbonyl (C=O) groups excluding carboxylic acids is 2. The van der Waals surface area contributed by atoms with Crippen molar-refractivity contribution in [1.82, 2.24) is 14.8 Å². The first-order valence-electron chi connectivity index (χ1n) is 9.90. The van der Waals surface area contributed by atoms with Crippen LogP contribution in [0.4, 0.5) is 10.8 Å². The van der Waals surface area contributed by atoms with Crippen molar-refractivity contribution < 1.29 is 14.3 Å². The molecular formula is C21H25N5O3S2. The smallest absolute Gasteiger partial charge is 0.265 e. The van der Waals surface area contributed by atoms with Crippen LogP contribution >= 0.6 is 22.7 Å². The third-order valence-corrected chi connectivity index (χ3v) is 7.50. The van der Waals surface area contributed by atoms with Crippen LogP contribution in [0.25, 0.3) is 9.53 Å². The minimum absolute atomic E-state index is 0.0386. The first-order chi connectivity index (χ1) is 14.9. The summed E-state index contributed by atoms with van der Waals surface area (Å²) in [5, 5.41) is 3.81. The lowest BCUT2D eigenvalue weighted by Gasteiger charge is -2.32. The minimum Gasteiger partial charge on any atom is -0.495 e. The number of nitrogens with zero attached hydrogens (tertiary/aromatic N) is 4. The molecule has 0 spiro atoms. The van der Waals surface area contributed by atoms with Gasteiger partial charge in [-0.25, -0.2) is 4.98 Å². The number of anilines is 2. The molecule has 31 heavy (non-hydrogen) atoms. The predicted molar refractivity (Wildman–Crippen MR) is 126 cm³/mol. The zero-order valence-corrected chi connectivity index (χ0v) is 19.6. The average molecular weight is 460 g/mol. The maximum atomic E-state index is 12.9. The van der Waals surface area contributed by atoms with Crippen LogP contribution in [0, 0.1) is 0 Å². The van der Waals surface area contributed by atoms with Crippen molar-refractivity contribution in [2.45, 2.75) is 0 Å². The van der Waals surface area contributed by atoms with Gasteiger partial charge in [0.25, 0.3) is 11.8 Å². The molecule has 164 valence electrons. The number of likely N-dealkylation sites (N-methyl/N-ethyl adjacent to an activating group) is 1. The lowest BCUT2D eigenvalue weighted by Crippen LogP contribution is -2.47. The first-order valence-corrected chi connectivity index (χ1v) is 11.5. The Morgan fingerprint density at radius 3 is 2.52 bits per heavy atom. The Labute approximate surface area is 189 Å². The molecular weight excluding hydrogens is 434 g/mol. The topological polar surface area (TPSA) is 78.0 Å². The molecule has 1 aromatic carbocycles. The van der Waals surface area contributed by atoms with Crippen molar-refractivity contribution in [3.05, 3.63) is 34.7 Å². The fourth-order valence-corrected chi connectivity index (χ4v) is 5.37. The van der Waals surface area contributed by atoms with Crippen LogP contribution in [0.15, 0.2) is 24.3 Å². The van der Waals surface area contributed by atoms with Crippen LogP contribution in [0.3, 0.4) is 0 Å². The van der Waals surface area contributed by atoms with E-state index in [0.29, 0.717) is 35.0 Å². The summed E-state index contributed by atoms with van der Waals surface area (Å²) in [6.07, 6.45) is 0. The number of methoxy groups -OCH3 is 1. The van der Waals surface area contributed by atoms with Crippen molar-refractivity contribution in [1.29, 1.82) is 0 Å². The van der Waals surface area contributed by atoms with Gasteiger partial charge in [0.1, 0.15) is 10.6 Å². The van der Waals surface area contributed by atoms with Crippen LogP contribution in [-0.2, 0) is 0 Å². The molecule has 0 saturated carbocycles. The van der Waals surface area contributed by atoms with Crippen molar-refractivity contribution in [3.63, 3.8) is 0 Å². The highest BCUT2D eigenvalue weighted by Crippen LogP contribution is 2.35. The number of fused-ring (bicyclic) bond motifs is 1. The second-order valence-electron chi connectivity index (χ2n) is 7.64. The van der Waals surface area contributed by atoms with Crippen LogP contribution in [-0.4, -0.2) is 81.0 Å². The molecule has 1 saturated heterocycles. The van der Waals surface area contributed by atoms with Gasteiger partial charge in [-0.2, -0.15) is 0 Å². The van der Waals surface area contributed by atoms with E-state index >= 15 is 0 Å². The van der Waals surface area contributed by atoms with E-state index in [9.17, 15) is 9.59 Å². The van der Waals surface area contributed by atoms with Crippen LogP contribution in [0.5, 0.6) is 5.75 Å². The van der Waals surface area contributed by atoms with Crippen molar-refractivity contribution in [3.8, 4) is 5.75 Å². The minimum atomic E-state index is -0.246. The monoisotopic (exact) mass is 459 g/mol. The van der Waals surface area contributed by atoms with Crippen molar-refractivity contribution in [2.24, 2.45) is 0 Å². The number of aromatic nitrogens is 1. The number of hydrogen-bond acceptors (Lipinski definition) is 8. The van der Waals surface area contributed by atoms with Gasteiger partial charge in [-0.1, -0.05) is 11.3 Å². The molecule has 0 atom stereocenters. The van der Waals surface area contributed by atoms with Gasteiger partial charge in [0, 0.05) is 45.8 Å². The van der Waals surface area contributed by atoms with Crippen LogP contribution < -0.4 is 15.0 Å². The largest absolute Gasteiger partial charge is 0.495 e. The number of nitrogens with one attached hydrogen (secondary N) is 1. The summed E-state index contributed by atoms with van der Waals surface area (Å²) in [4.78, 5) is 37.8. The molecule has 2 aromatic heterocycles. The summed E-state index contributed by atoms with van der Waals surface area (Å²) in [6, 6.07) is 7.00. The van der Waals surface area contributed by atoms with E-state index < -0.39 is 0 Å². The second kappa shape index (κ2) is 8.81. The number of carbonyl (C=O) groups is 2. The summed E-state index contributed by atoms with van der Waals surface area (Å²) < 4.78 is 6.38. The van der Waals surface area contributed by atoms with Gasteiger partial charge in [0.05, 0.1) is 22.4 Å². The quantitative estimate of drug-likeness (QED) is 0.632. The number of thiophene rings is 1. The Morgan fingerprint density at radius 2 is 1.87 bits per heavy atom. The maximum Gasteiger partial charge on any atom is 0.265 e. The molecule has 0 bridgehead atoms. The highest BCUT2D eigenvalue weighted by molar-refractivity contribution is 7.29. The molecule has 0 unspecified atom stereocenters. The van der Waals surface area contributed by atoms with E-state index in [-0.39, 0.29) is 11.8 Å². The number of piperazine rings is 1. The fraction of sp³-hybridized carbons (Fsp3) is 0.381. The van der Waals surface area contributed by atoms with E-state index in [1.807, 2.05) is 30.0 Å². The van der Waals surface area contributed by atoms with E-state index in [1.54, 1.807) is 36.6 Å². The van der Waals surface area contributed by atoms with Crippen LogP contribution in [0.2, 0.25) is 0 Å². The number of benzene rings is 1. The number of rotatable bonds is 5. The number of ether oxygens (including phenoxy) is 1. The highest BCUT2D eigenvalue weighted by atomic mass is 32.1. The number of amides is 2. The summed E-state index contributed by atoms with van der Waals surface area (Å²) in [7, 11) is 7.48. The fourth-order valence-electron chi connectivity index (χ4n) is 3.34. The SMILES string of the molecule is COc1ccc(C(=O)N2CCN(C)CC2)cc1NC(=O)c1cc2sc(N(C)C)nc2s1. The molecule has 8 nitrogen and oxygen atoms in total. The average Bonchev–Trinajstić information content (AvgIpc) is 3.33. The Kier molecular flexibility index (Phi) is 6.12. The highest BCUT2D eigenvalue weighted by Gasteiger charge is 2.22. The zero-order valence-electron chi connectivity index (χ0n) is 18.0. The summed E-state index contributed by atoms with van der Waals surface area (Å²) in [6.45, 7) is 3.09. The molecule has 0 aliphatic carbocycles.